The summed E-state index contributed by atoms with van der Waals surface area (Å²) in [6.45, 7) is 10.3. The number of likely N-dealkylation sites (N-methyl/N-ethyl adjacent to an activating group) is 1. The summed E-state index contributed by atoms with van der Waals surface area (Å²) in [6, 6.07) is -2.67. The first kappa shape index (κ1) is 36.6. The van der Waals surface area contributed by atoms with Crippen LogP contribution in [0.4, 0.5) is 9.93 Å². The average Bonchev–Trinajstić information content (AvgIpc) is 3.63. The Morgan fingerprint density at radius 3 is 2.48 bits per heavy atom. The molecule has 0 bridgehead atoms. The first-order valence-electron chi connectivity index (χ1n) is 15.1. The number of carboxylic acids is 2. The third-order valence-electron chi connectivity index (χ3n) is 8.37. The predicted octanol–water partition coefficient (Wildman–Crippen LogP) is 1.10. The molecule has 0 aromatic carbocycles. The highest BCUT2D eigenvalue weighted by Gasteiger charge is 2.58. The molecule has 4 heterocycles. The molecule has 0 saturated carbocycles. The Morgan fingerprint density at radius 1 is 1.25 bits per heavy atom. The zero-order valence-electron chi connectivity index (χ0n) is 27.3. The van der Waals surface area contributed by atoms with Gasteiger partial charge in [0.15, 0.2) is 10.8 Å². The SMILES string of the molecule is CC[N+]1(C(=O)OC(C)(C)C)CCC[C@H]1C(NC=O)C1=C(C(=O)O)N2C(=O)C(NC(=O)/C(=N\OC(C)(C)C(=O)O)c3csc(N)n3)[C@@H]2SC1. The van der Waals surface area contributed by atoms with Crippen LogP contribution in [-0.2, 0) is 33.5 Å². The van der Waals surface area contributed by atoms with Crippen LogP contribution >= 0.6 is 23.1 Å². The number of thioether (sulfide) groups is 1. The number of hydrogen-bond donors (Lipinski definition) is 5. The summed E-state index contributed by atoms with van der Waals surface area (Å²) in [4.78, 5) is 87.0. The Hall–Kier alpha value is -4.23. The number of thiazole rings is 1. The number of carbonyl (C=O) groups excluding carboxylic acids is 4. The summed E-state index contributed by atoms with van der Waals surface area (Å²) in [5, 5.41) is 29.5. The highest BCUT2D eigenvalue weighted by Crippen LogP contribution is 2.44. The molecule has 4 rings (SSSR count). The van der Waals surface area contributed by atoms with E-state index in [1.54, 1.807) is 20.8 Å². The molecule has 0 radical (unpaired) electrons. The van der Waals surface area contributed by atoms with Gasteiger partial charge in [0.1, 0.15) is 40.5 Å². The van der Waals surface area contributed by atoms with Crippen molar-refractivity contribution in [3.63, 3.8) is 0 Å². The van der Waals surface area contributed by atoms with Gasteiger partial charge in [-0.25, -0.2) is 19.1 Å². The lowest BCUT2D eigenvalue weighted by Crippen LogP contribution is -2.72. The number of nitrogens with one attached hydrogen (secondary N) is 2. The summed E-state index contributed by atoms with van der Waals surface area (Å²) >= 11 is 2.17. The fourth-order valence-corrected chi connectivity index (χ4v) is 7.91. The van der Waals surface area contributed by atoms with E-state index < -0.39 is 70.3 Å². The van der Waals surface area contributed by atoms with Crippen LogP contribution in [-0.4, -0.2) is 120 Å². The third-order valence-corrected chi connectivity index (χ3v) is 10.3. The first-order chi connectivity index (χ1) is 22.4. The predicted molar refractivity (Wildman–Crippen MR) is 173 cm³/mol. The fraction of sp³-hybridized carbons (Fsp3) is 0.586. The number of hydrogen-bond acceptors (Lipinski definition) is 13. The van der Waals surface area contributed by atoms with Crippen LogP contribution in [0.15, 0.2) is 21.8 Å². The van der Waals surface area contributed by atoms with Gasteiger partial charge >= 0.3 is 18.0 Å². The number of fused-ring (bicyclic) bond motifs is 1. The number of carboxylic acid groups (broad SMARTS) is 2. The largest absolute Gasteiger partial charge is 0.516 e. The molecule has 4 amide bonds. The highest BCUT2D eigenvalue weighted by atomic mass is 32.2. The molecule has 3 aliphatic heterocycles. The number of likely N-dealkylation sites (tertiary alicyclic amines) is 1. The monoisotopic (exact) mass is 710 g/mol. The van der Waals surface area contributed by atoms with Crippen molar-refractivity contribution in [1.82, 2.24) is 20.5 Å². The topological polar surface area (TPSA) is 240 Å². The number of nitrogens with two attached hydrogens (primary N) is 1. The molecule has 3 unspecified atom stereocenters. The second kappa shape index (κ2) is 13.7. The molecule has 1 aromatic rings. The standard InChI is InChI=1S/C29H39N7O10S2/c1-7-36(27(44)45-28(2,3)4)10-8-9-16(36)17(31-13-37)14-11-47-23-19(22(39)35(23)20(14)24(40)41)33-21(38)18(15-12-48-26(30)32-15)34-46-29(5,6)25(42)43/h12-13,16-17,19,23H,7-11H2,1-6H3,(H5-,30,31,32,33,37,38,40,41,42,43)/p+1/b34-18-/t16-,17?,19?,23-,36?/m0/s1. The molecular formula is C29H40N7O10S2+. The summed E-state index contributed by atoms with van der Waals surface area (Å²) in [6.07, 6.45) is 1.08. The lowest BCUT2D eigenvalue weighted by atomic mass is 9.92. The molecule has 0 spiro atoms. The van der Waals surface area contributed by atoms with Crippen LogP contribution in [0, 0.1) is 0 Å². The molecule has 262 valence electrons. The number of nitrogens with zero attached hydrogens (tertiary/aromatic N) is 4. The van der Waals surface area contributed by atoms with Gasteiger partial charge < -0.3 is 36.2 Å². The third kappa shape index (κ3) is 6.98. The molecular weight excluding hydrogens is 670 g/mol. The van der Waals surface area contributed by atoms with Gasteiger partial charge in [0, 0.05) is 24.0 Å². The van der Waals surface area contributed by atoms with Crippen molar-refractivity contribution in [2.45, 2.75) is 89.1 Å². The van der Waals surface area contributed by atoms with Crippen molar-refractivity contribution < 1.29 is 53.0 Å². The van der Waals surface area contributed by atoms with Gasteiger partial charge in [-0.05, 0) is 47.1 Å². The lowest BCUT2D eigenvalue weighted by molar-refractivity contribution is -0.869. The van der Waals surface area contributed by atoms with Crippen molar-refractivity contribution in [3.05, 3.63) is 22.3 Å². The van der Waals surface area contributed by atoms with Gasteiger partial charge in [-0.3, -0.25) is 19.3 Å². The number of amides is 4. The van der Waals surface area contributed by atoms with E-state index in [-0.39, 0.29) is 32.3 Å². The number of oxime groups is 1. The molecule has 17 nitrogen and oxygen atoms in total. The molecule has 1 aromatic heterocycles. The number of quaternary nitrogens is 1. The van der Waals surface area contributed by atoms with Crippen molar-refractivity contribution in [1.29, 1.82) is 0 Å². The smallest absolute Gasteiger partial charge is 0.478 e. The lowest BCUT2D eigenvalue weighted by Gasteiger charge is -2.50. The number of β-lactam (4-membered cyclic amide) rings is 1. The summed E-state index contributed by atoms with van der Waals surface area (Å²) in [7, 11) is 0. The Labute approximate surface area is 284 Å². The number of anilines is 1. The Bertz CT molecular complexity index is 1570. The van der Waals surface area contributed by atoms with Crippen LogP contribution in [0.25, 0.3) is 0 Å². The van der Waals surface area contributed by atoms with Crippen LogP contribution in [0.5, 0.6) is 0 Å². The second-order valence-electron chi connectivity index (χ2n) is 13.0. The number of rotatable bonds is 12. The van der Waals surface area contributed by atoms with Crippen molar-refractivity contribution in [3.8, 4) is 0 Å². The van der Waals surface area contributed by atoms with Crippen LogP contribution in [0.1, 0.15) is 60.1 Å². The average molecular weight is 711 g/mol. The van der Waals surface area contributed by atoms with E-state index in [0.29, 0.717) is 32.3 Å². The molecule has 2 fully saturated rings. The molecule has 0 aliphatic carbocycles. The maximum Gasteiger partial charge on any atom is 0.516 e. The number of ether oxygens (including phenoxy) is 1. The molecule has 5 atom stereocenters. The molecule has 3 aliphatic rings. The molecule has 6 N–H and O–H groups in total. The van der Waals surface area contributed by atoms with Gasteiger partial charge in [0.2, 0.25) is 12.0 Å². The Balaban J connectivity index is 1.65. The van der Waals surface area contributed by atoms with E-state index in [9.17, 15) is 39.0 Å². The number of aromatic nitrogens is 1. The number of aliphatic carboxylic acids is 2. The van der Waals surface area contributed by atoms with E-state index >= 15 is 0 Å². The minimum absolute atomic E-state index is 0.0219. The van der Waals surface area contributed by atoms with E-state index in [4.69, 9.17) is 15.3 Å². The number of carbonyl (C=O) groups is 6. The number of nitrogen functional groups attached to an aromatic ring is 1. The molecule has 19 heteroatoms. The molecule has 2 saturated heterocycles. The summed E-state index contributed by atoms with van der Waals surface area (Å²) in [5.74, 6) is -4.38. The second-order valence-corrected chi connectivity index (χ2v) is 15.0. The first-order valence-corrected chi connectivity index (χ1v) is 17.0. The van der Waals surface area contributed by atoms with Crippen LogP contribution in [0.3, 0.4) is 0 Å². The highest BCUT2D eigenvalue weighted by molar-refractivity contribution is 8.00. The normalized spacial score (nSPS) is 25.0. The van der Waals surface area contributed by atoms with E-state index in [2.05, 4.69) is 20.8 Å². The van der Waals surface area contributed by atoms with Crippen LogP contribution < -0.4 is 16.4 Å². The van der Waals surface area contributed by atoms with Gasteiger partial charge in [-0.15, -0.1) is 23.1 Å². The van der Waals surface area contributed by atoms with Crippen molar-refractivity contribution in [2.75, 3.05) is 24.6 Å². The van der Waals surface area contributed by atoms with Crippen LogP contribution in [0.2, 0.25) is 0 Å². The van der Waals surface area contributed by atoms with E-state index in [1.807, 2.05) is 6.92 Å². The zero-order valence-corrected chi connectivity index (χ0v) is 29.0. The molecule has 48 heavy (non-hydrogen) atoms. The maximum atomic E-state index is 13.6. The summed E-state index contributed by atoms with van der Waals surface area (Å²) < 4.78 is 5.64. The maximum absolute atomic E-state index is 13.6. The summed E-state index contributed by atoms with van der Waals surface area (Å²) in [5.41, 5.74) is 2.58. The Kier molecular flexibility index (Phi) is 10.5. The van der Waals surface area contributed by atoms with Gasteiger partial charge in [0.05, 0.1) is 13.1 Å². The van der Waals surface area contributed by atoms with Gasteiger partial charge in [-0.2, -0.15) is 4.79 Å². The van der Waals surface area contributed by atoms with Crippen molar-refractivity contribution in [2.24, 2.45) is 5.16 Å². The fourth-order valence-electron chi connectivity index (χ4n) is 5.96. The quantitative estimate of drug-likeness (QED) is 0.0672. The minimum Gasteiger partial charge on any atom is -0.478 e. The zero-order chi connectivity index (χ0) is 35.8. The van der Waals surface area contributed by atoms with E-state index in [0.717, 1.165) is 16.2 Å². The van der Waals surface area contributed by atoms with E-state index in [1.165, 1.54) is 31.0 Å². The van der Waals surface area contributed by atoms with Gasteiger partial charge in [-0.1, -0.05) is 5.16 Å². The minimum atomic E-state index is -1.81. The van der Waals surface area contributed by atoms with Crippen molar-refractivity contribution >= 4 is 70.2 Å². The Morgan fingerprint density at radius 2 is 1.94 bits per heavy atom. The van der Waals surface area contributed by atoms with Gasteiger partial charge in [0.25, 0.3) is 11.8 Å².